The molecule has 0 amide bonds. The number of benzene rings is 4. The van der Waals surface area contributed by atoms with Crippen LogP contribution in [-0.4, -0.2) is 0 Å². The van der Waals surface area contributed by atoms with E-state index in [9.17, 15) is 0 Å². The Morgan fingerprint density at radius 2 is 0.353 bits per heavy atom. The van der Waals surface area contributed by atoms with E-state index in [1.807, 2.05) is 56.7 Å². The summed E-state index contributed by atoms with van der Waals surface area (Å²) in [6.45, 7) is 4.32. The van der Waals surface area contributed by atoms with Crippen LogP contribution in [0.3, 0.4) is 0 Å². The first-order valence-electron chi connectivity index (χ1n) is 16.9. The predicted molar refractivity (Wildman–Crippen MR) is 229 cm³/mol. The predicted octanol–water partition coefficient (Wildman–Crippen LogP) is 15.9. The summed E-state index contributed by atoms with van der Waals surface area (Å²) >= 11 is 9.26. The van der Waals surface area contributed by atoms with Crippen LogP contribution >= 0.6 is 56.7 Å². The molecule has 0 radical (unpaired) electrons. The first-order valence-corrected chi connectivity index (χ1v) is 21.0. The lowest BCUT2D eigenvalue weighted by Crippen LogP contribution is -1.75. The maximum Gasteiger partial charge on any atom is 0.0349 e. The summed E-state index contributed by atoms with van der Waals surface area (Å²) in [4.78, 5) is 13.1. The van der Waals surface area contributed by atoms with Gasteiger partial charge in [0.15, 0.2) is 0 Å². The van der Waals surface area contributed by atoms with Crippen LogP contribution in [0.1, 0.15) is 9.75 Å². The lowest BCUT2D eigenvalue weighted by atomic mass is 10.1. The zero-order valence-electron chi connectivity index (χ0n) is 28.1. The van der Waals surface area contributed by atoms with Crippen LogP contribution < -0.4 is 0 Å². The Balaban J connectivity index is 0.860. The first kappa shape index (κ1) is 32.3. The second-order valence-electron chi connectivity index (χ2n) is 12.6. The van der Waals surface area contributed by atoms with Gasteiger partial charge >= 0.3 is 0 Å². The highest BCUT2D eigenvalue weighted by atomic mass is 32.1. The zero-order valence-corrected chi connectivity index (χ0v) is 32.1. The molecule has 5 aromatic heterocycles. The van der Waals surface area contributed by atoms with Gasteiger partial charge in [-0.1, -0.05) is 97.1 Å². The van der Waals surface area contributed by atoms with Crippen LogP contribution in [-0.2, 0) is 0 Å². The van der Waals surface area contributed by atoms with E-state index < -0.39 is 0 Å². The number of thiophene rings is 5. The van der Waals surface area contributed by atoms with Gasteiger partial charge in [0.05, 0.1) is 0 Å². The minimum absolute atomic E-state index is 1.26. The Morgan fingerprint density at radius 3 is 0.510 bits per heavy atom. The molecule has 51 heavy (non-hydrogen) atoms. The van der Waals surface area contributed by atoms with E-state index in [-0.39, 0.29) is 0 Å². The Kier molecular flexibility index (Phi) is 8.76. The molecule has 0 saturated carbocycles. The molecule has 0 bridgehead atoms. The van der Waals surface area contributed by atoms with Crippen LogP contribution in [0.2, 0.25) is 0 Å². The van der Waals surface area contributed by atoms with Gasteiger partial charge in [0.2, 0.25) is 0 Å². The van der Waals surface area contributed by atoms with Gasteiger partial charge in [0.1, 0.15) is 0 Å². The Bertz CT molecular complexity index is 2380. The first-order chi connectivity index (χ1) is 25.0. The summed E-state index contributed by atoms with van der Waals surface area (Å²) in [6, 6.07) is 58.3. The monoisotopic (exact) mass is 744 g/mol. The van der Waals surface area contributed by atoms with Gasteiger partial charge in [-0.2, -0.15) is 0 Å². The van der Waals surface area contributed by atoms with Crippen molar-refractivity contribution in [3.05, 3.63) is 167 Å². The fourth-order valence-corrected chi connectivity index (χ4v) is 11.1. The molecule has 0 spiro atoms. The number of hydrogen-bond donors (Lipinski definition) is 0. The van der Waals surface area contributed by atoms with E-state index in [1.165, 1.54) is 93.3 Å². The molecule has 0 nitrogen and oxygen atoms in total. The van der Waals surface area contributed by atoms with Crippen molar-refractivity contribution >= 4 is 56.7 Å². The standard InChI is InChI=1S/C46H32S5/c1-29-3-21-39(47-29)31-5-9-33(10-6-31)41-23-25-43(49-41)35-13-17-37(18-14-35)45-27-28-46(51-45)38-19-15-36(16-20-38)44-26-24-42(50-44)34-11-7-32(8-12-34)40-22-4-30(2)48-40/h3-28H,1-2H3. The van der Waals surface area contributed by atoms with Gasteiger partial charge < -0.3 is 0 Å². The largest absolute Gasteiger partial charge is 0.141 e. The van der Waals surface area contributed by atoms with E-state index in [0.717, 1.165) is 0 Å². The minimum atomic E-state index is 1.26. The Morgan fingerprint density at radius 1 is 0.196 bits per heavy atom. The molecule has 0 N–H and O–H groups in total. The topological polar surface area (TPSA) is 0 Å². The van der Waals surface area contributed by atoms with E-state index in [4.69, 9.17) is 0 Å². The molecule has 0 atom stereocenters. The Hall–Kier alpha value is -4.62. The highest BCUT2D eigenvalue weighted by Gasteiger charge is 2.11. The van der Waals surface area contributed by atoms with Gasteiger partial charge in [-0.05, 0) is 119 Å². The van der Waals surface area contributed by atoms with Crippen molar-refractivity contribution in [2.24, 2.45) is 0 Å². The Labute approximate surface area is 319 Å². The molecule has 0 aliphatic carbocycles. The SMILES string of the molecule is Cc1ccc(-c2ccc(-c3ccc(-c4ccc(-c5ccc(-c6ccc(-c7ccc(-c8ccc(-c9ccc(C)s9)cc8)s7)cc6)s5)cc4)s3)cc2)s1. The quantitative estimate of drug-likeness (QED) is 0.145. The molecule has 0 aliphatic heterocycles. The molecule has 5 heterocycles. The van der Waals surface area contributed by atoms with Crippen molar-refractivity contribution in [3.8, 4) is 83.5 Å². The summed E-state index contributed by atoms with van der Waals surface area (Å²) in [5.74, 6) is 0. The molecule has 0 saturated heterocycles. The minimum Gasteiger partial charge on any atom is -0.141 e. The van der Waals surface area contributed by atoms with Crippen LogP contribution in [0.4, 0.5) is 0 Å². The normalized spacial score (nSPS) is 11.3. The van der Waals surface area contributed by atoms with Crippen molar-refractivity contribution in [3.63, 3.8) is 0 Å². The summed E-state index contributed by atoms with van der Waals surface area (Å²) < 4.78 is 0. The maximum atomic E-state index is 2.26. The summed E-state index contributed by atoms with van der Waals surface area (Å²) in [6.07, 6.45) is 0. The zero-order chi connectivity index (χ0) is 34.3. The summed E-state index contributed by atoms with van der Waals surface area (Å²) in [7, 11) is 0. The van der Waals surface area contributed by atoms with Gasteiger partial charge in [-0.25, -0.2) is 0 Å². The third-order valence-electron chi connectivity index (χ3n) is 9.11. The van der Waals surface area contributed by atoms with Crippen molar-refractivity contribution in [2.75, 3.05) is 0 Å². The van der Waals surface area contributed by atoms with Crippen LogP contribution in [0.25, 0.3) is 83.5 Å². The van der Waals surface area contributed by atoms with Crippen LogP contribution in [0.15, 0.2) is 158 Å². The van der Waals surface area contributed by atoms with Crippen LogP contribution in [0, 0.1) is 13.8 Å². The average molecular weight is 745 g/mol. The third-order valence-corrected chi connectivity index (χ3v) is 14.8. The molecular weight excluding hydrogens is 713 g/mol. The molecule has 0 aliphatic rings. The van der Waals surface area contributed by atoms with Crippen molar-refractivity contribution in [1.29, 1.82) is 0 Å². The average Bonchev–Trinajstić information content (AvgIpc) is 4.03. The van der Waals surface area contributed by atoms with E-state index in [0.29, 0.717) is 0 Å². The lowest BCUT2D eigenvalue weighted by molar-refractivity contribution is 1.64. The smallest absolute Gasteiger partial charge is 0.0349 e. The van der Waals surface area contributed by atoms with E-state index >= 15 is 0 Å². The second kappa shape index (κ2) is 13.8. The highest BCUT2D eigenvalue weighted by Crippen LogP contribution is 2.40. The number of hydrogen-bond acceptors (Lipinski definition) is 5. The summed E-state index contributed by atoms with van der Waals surface area (Å²) in [5, 5.41) is 0. The fraction of sp³-hybridized carbons (Fsp3) is 0.0435. The molecule has 5 heteroatoms. The number of aryl methyl sites for hydroxylation is 2. The van der Waals surface area contributed by atoms with Crippen molar-refractivity contribution < 1.29 is 0 Å². The van der Waals surface area contributed by atoms with Gasteiger partial charge in [0.25, 0.3) is 0 Å². The van der Waals surface area contributed by atoms with Gasteiger partial charge in [0, 0.05) is 48.8 Å². The lowest BCUT2D eigenvalue weighted by Gasteiger charge is -2.03. The van der Waals surface area contributed by atoms with E-state index in [2.05, 4.69) is 172 Å². The van der Waals surface area contributed by atoms with Crippen molar-refractivity contribution in [1.82, 2.24) is 0 Å². The van der Waals surface area contributed by atoms with Crippen molar-refractivity contribution in [2.45, 2.75) is 13.8 Å². The highest BCUT2D eigenvalue weighted by molar-refractivity contribution is 7.19. The van der Waals surface area contributed by atoms with E-state index in [1.54, 1.807) is 0 Å². The molecule has 246 valence electrons. The number of rotatable bonds is 8. The molecule has 0 fully saturated rings. The fourth-order valence-electron chi connectivity index (χ4n) is 6.32. The maximum absolute atomic E-state index is 2.26. The molecule has 9 rings (SSSR count). The molecule has 0 unspecified atom stereocenters. The summed E-state index contributed by atoms with van der Waals surface area (Å²) in [5.41, 5.74) is 10.1. The third kappa shape index (κ3) is 6.76. The van der Waals surface area contributed by atoms with Gasteiger partial charge in [-0.15, -0.1) is 56.7 Å². The second-order valence-corrected chi connectivity index (χ2v) is 18.4. The molecular formula is C46H32S5. The van der Waals surface area contributed by atoms with Crippen LogP contribution in [0.5, 0.6) is 0 Å². The molecule has 9 aromatic rings. The van der Waals surface area contributed by atoms with Gasteiger partial charge in [-0.3, -0.25) is 0 Å². The molecule has 4 aromatic carbocycles.